The van der Waals surface area contributed by atoms with Crippen molar-refractivity contribution in [1.29, 1.82) is 0 Å². The quantitative estimate of drug-likeness (QED) is 0.672. The lowest BCUT2D eigenvalue weighted by Crippen LogP contribution is -2.30. The Bertz CT molecular complexity index is 855. The number of carbonyl (C=O) groups excluding carboxylic acids is 1. The van der Waals surface area contributed by atoms with Crippen LogP contribution in [0.3, 0.4) is 0 Å². The SMILES string of the molecule is C[C@@H](Sc1nnnn1-c1cccc(Cl)c1)C(=O)NCc1ccccc1. The van der Waals surface area contributed by atoms with Crippen LogP contribution >= 0.6 is 23.4 Å². The fourth-order valence-electron chi connectivity index (χ4n) is 2.16. The van der Waals surface area contributed by atoms with Crippen molar-refractivity contribution in [3.05, 3.63) is 65.2 Å². The highest BCUT2D eigenvalue weighted by Crippen LogP contribution is 2.24. The molecule has 2 aromatic carbocycles. The van der Waals surface area contributed by atoms with Crippen molar-refractivity contribution in [2.24, 2.45) is 0 Å². The summed E-state index contributed by atoms with van der Waals surface area (Å²) in [6, 6.07) is 17.0. The molecule has 1 amide bonds. The van der Waals surface area contributed by atoms with E-state index in [1.165, 1.54) is 11.8 Å². The summed E-state index contributed by atoms with van der Waals surface area (Å²) >= 11 is 7.31. The molecule has 3 aromatic rings. The van der Waals surface area contributed by atoms with E-state index in [-0.39, 0.29) is 11.2 Å². The van der Waals surface area contributed by atoms with Gasteiger partial charge in [0.05, 0.1) is 10.9 Å². The van der Waals surface area contributed by atoms with Gasteiger partial charge in [-0.2, -0.15) is 4.68 Å². The molecule has 8 heteroatoms. The van der Waals surface area contributed by atoms with Crippen molar-refractivity contribution in [2.75, 3.05) is 0 Å². The number of tetrazole rings is 1. The van der Waals surface area contributed by atoms with Crippen LogP contribution in [0.4, 0.5) is 0 Å². The normalized spacial score (nSPS) is 11.9. The predicted molar refractivity (Wildman–Crippen MR) is 97.8 cm³/mol. The van der Waals surface area contributed by atoms with E-state index in [9.17, 15) is 4.79 Å². The number of aromatic nitrogens is 4. The lowest BCUT2D eigenvalue weighted by molar-refractivity contribution is -0.120. The number of hydrogen-bond donors (Lipinski definition) is 1. The maximum absolute atomic E-state index is 12.3. The van der Waals surface area contributed by atoms with E-state index in [1.807, 2.05) is 49.4 Å². The van der Waals surface area contributed by atoms with E-state index >= 15 is 0 Å². The Kier molecular flexibility index (Phi) is 5.67. The molecule has 3 rings (SSSR count). The number of hydrogen-bond acceptors (Lipinski definition) is 5. The molecule has 0 bridgehead atoms. The Labute approximate surface area is 154 Å². The van der Waals surface area contributed by atoms with Crippen LogP contribution in [0.5, 0.6) is 0 Å². The molecule has 0 unspecified atom stereocenters. The fourth-order valence-corrected chi connectivity index (χ4v) is 3.18. The Hall–Kier alpha value is -2.38. The molecule has 1 aromatic heterocycles. The molecule has 0 saturated carbocycles. The summed E-state index contributed by atoms with van der Waals surface area (Å²) in [4.78, 5) is 12.3. The molecule has 0 spiro atoms. The van der Waals surface area contributed by atoms with Crippen molar-refractivity contribution in [3.8, 4) is 5.69 Å². The van der Waals surface area contributed by atoms with Crippen LogP contribution in [0.15, 0.2) is 59.8 Å². The first-order valence-corrected chi connectivity index (χ1v) is 8.92. The first kappa shape index (κ1) is 17.4. The number of nitrogens with zero attached hydrogens (tertiary/aromatic N) is 4. The molecule has 128 valence electrons. The van der Waals surface area contributed by atoms with Gasteiger partial charge in [0, 0.05) is 11.6 Å². The van der Waals surface area contributed by atoms with Gasteiger partial charge >= 0.3 is 0 Å². The van der Waals surface area contributed by atoms with Crippen LogP contribution in [0.25, 0.3) is 5.69 Å². The summed E-state index contributed by atoms with van der Waals surface area (Å²) in [6.45, 7) is 2.31. The van der Waals surface area contributed by atoms with Gasteiger partial charge in [0.1, 0.15) is 0 Å². The van der Waals surface area contributed by atoms with Crippen LogP contribution < -0.4 is 5.32 Å². The topological polar surface area (TPSA) is 72.7 Å². The van der Waals surface area contributed by atoms with Gasteiger partial charge in [-0.1, -0.05) is 59.8 Å². The number of nitrogens with one attached hydrogen (secondary N) is 1. The minimum absolute atomic E-state index is 0.0745. The number of halogens is 1. The summed E-state index contributed by atoms with van der Waals surface area (Å²) in [7, 11) is 0. The van der Waals surface area contributed by atoms with Crippen molar-refractivity contribution in [2.45, 2.75) is 23.9 Å². The van der Waals surface area contributed by atoms with Crippen LogP contribution in [0, 0.1) is 0 Å². The molecule has 1 atom stereocenters. The van der Waals surface area contributed by atoms with Crippen molar-refractivity contribution >= 4 is 29.3 Å². The predicted octanol–water partition coefficient (Wildman–Crippen LogP) is 3.11. The third-order valence-corrected chi connectivity index (χ3v) is 4.72. The molecule has 0 aliphatic heterocycles. The highest BCUT2D eigenvalue weighted by molar-refractivity contribution is 8.00. The van der Waals surface area contributed by atoms with E-state index in [4.69, 9.17) is 11.6 Å². The van der Waals surface area contributed by atoms with Crippen LogP contribution in [-0.4, -0.2) is 31.4 Å². The Morgan fingerprint density at radius 1 is 1.24 bits per heavy atom. The number of benzene rings is 2. The van der Waals surface area contributed by atoms with E-state index in [0.29, 0.717) is 16.7 Å². The zero-order valence-electron chi connectivity index (χ0n) is 13.5. The van der Waals surface area contributed by atoms with Gasteiger partial charge in [-0.15, -0.1) is 5.10 Å². The van der Waals surface area contributed by atoms with Gasteiger partial charge in [-0.05, 0) is 41.1 Å². The lowest BCUT2D eigenvalue weighted by Gasteiger charge is -2.12. The summed E-state index contributed by atoms with van der Waals surface area (Å²) in [5.41, 5.74) is 1.80. The molecule has 0 aliphatic carbocycles. The number of amides is 1. The first-order chi connectivity index (χ1) is 12.1. The summed E-state index contributed by atoms with van der Waals surface area (Å²) in [6.07, 6.45) is 0. The first-order valence-electron chi connectivity index (χ1n) is 7.66. The van der Waals surface area contributed by atoms with E-state index < -0.39 is 0 Å². The Morgan fingerprint density at radius 3 is 2.80 bits per heavy atom. The summed E-state index contributed by atoms with van der Waals surface area (Å²) in [5, 5.41) is 15.4. The van der Waals surface area contributed by atoms with Crippen LogP contribution in [0.1, 0.15) is 12.5 Å². The van der Waals surface area contributed by atoms with Gasteiger partial charge in [0.25, 0.3) is 0 Å². The maximum atomic E-state index is 12.3. The molecule has 0 aliphatic rings. The average Bonchev–Trinajstić information content (AvgIpc) is 3.08. The highest BCUT2D eigenvalue weighted by Gasteiger charge is 2.19. The maximum Gasteiger partial charge on any atom is 0.233 e. The third-order valence-electron chi connectivity index (χ3n) is 3.45. The molecule has 1 N–H and O–H groups in total. The summed E-state index contributed by atoms with van der Waals surface area (Å²) in [5.74, 6) is -0.0745. The Balaban J connectivity index is 1.64. The van der Waals surface area contributed by atoms with E-state index in [1.54, 1.807) is 16.8 Å². The highest BCUT2D eigenvalue weighted by atomic mass is 35.5. The van der Waals surface area contributed by atoms with Crippen LogP contribution in [0.2, 0.25) is 5.02 Å². The molecular weight excluding hydrogens is 358 g/mol. The van der Waals surface area contributed by atoms with Crippen molar-refractivity contribution < 1.29 is 4.79 Å². The molecule has 0 fully saturated rings. The minimum atomic E-state index is -0.340. The molecule has 25 heavy (non-hydrogen) atoms. The second kappa shape index (κ2) is 8.13. The Morgan fingerprint density at radius 2 is 2.04 bits per heavy atom. The monoisotopic (exact) mass is 373 g/mol. The van der Waals surface area contributed by atoms with Gasteiger partial charge < -0.3 is 5.32 Å². The molecule has 6 nitrogen and oxygen atoms in total. The smallest absolute Gasteiger partial charge is 0.233 e. The minimum Gasteiger partial charge on any atom is -0.351 e. The zero-order chi connectivity index (χ0) is 17.6. The number of thioether (sulfide) groups is 1. The fraction of sp³-hybridized carbons (Fsp3) is 0.176. The number of carbonyl (C=O) groups is 1. The molecule has 1 heterocycles. The second-order valence-corrected chi connectivity index (χ2v) is 7.06. The number of rotatable bonds is 6. The van der Waals surface area contributed by atoms with Crippen LogP contribution in [-0.2, 0) is 11.3 Å². The molecule has 0 radical (unpaired) electrons. The van der Waals surface area contributed by atoms with Gasteiger partial charge in [0.2, 0.25) is 11.1 Å². The van der Waals surface area contributed by atoms with Gasteiger partial charge in [-0.3, -0.25) is 4.79 Å². The van der Waals surface area contributed by atoms with Crippen molar-refractivity contribution in [3.63, 3.8) is 0 Å². The standard InChI is InChI=1S/C17H16ClN5OS/c1-12(16(24)19-11-13-6-3-2-4-7-13)25-17-20-21-22-23(17)15-9-5-8-14(18)10-15/h2-10,12H,11H2,1H3,(H,19,24)/t12-/m1/s1. The zero-order valence-corrected chi connectivity index (χ0v) is 15.0. The van der Waals surface area contributed by atoms with Gasteiger partial charge in [-0.25, -0.2) is 0 Å². The molecule has 0 saturated heterocycles. The largest absolute Gasteiger partial charge is 0.351 e. The van der Waals surface area contributed by atoms with Crippen molar-refractivity contribution in [1.82, 2.24) is 25.5 Å². The second-order valence-electron chi connectivity index (χ2n) is 5.32. The van der Waals surface area contributed by atoms with Gasteiger partial charge in [0.15, 0.2) is 0 Å². The third kappa shape index (κ3) is 4.58. The van der Waals surface area contributed by atoms with E-state index in [2.05, 4.69) is 20.8 Å². The molecular formula is C17H16ClN5OS. The average molecular weight is 374 g/mol. The van der Waals surface area contributed by atoms with E-state index in [0.717, 1.165) is 11.3 Å². The summed E-state index contributed by atoms with van der Waals surface area (Å²) < 4.78 is 1.57. The lowest BCUT2D eigenvalue weighted by atomic mass is 10.2.